The fraction of sp³-hybridized carbons (Fsp3) is 0.438. The van der Waals surface area contributed by atoms with Crippen LogP contribution in [0.2, 0.25) is 0 Å². The molecule has 6 heteroatoms. The summed E-state index contributed by atoms with van der Waals surface area (Å²) in [5.41, 5.74) is 1.88. The Morgan fingerprint density at radius 3 is 2.95 bits per heavy atom. The predicted octanol–water partition coefficient (Wildman–Crippen LogP) is 1.88. The van der Waals surface area contributed by atoms with Gasteiger partial charge in [-0.25, -0.2) is 4.98 Å². The highest BCUT2D eigenvalue weighted by molar-refractivity contribution is 5.92. The minimum Gasteiger partial charge on any atom is -0.373 e. The first-order valence-corrected chi connectivity index (χ1v) is 7.60. The van der Waals surface area contributed by atoms with Gasteiger partial charge in [0.25, 0.3) is 5.91 Å². The third kappa shape index (κ3) is 2.81. The minimum absolute atomic E-state index is 0.0626. The van der Waals surface area contributed by atoms with Gasteiger partial charge >= 0.3 is 0 Å². The maximum atomic E-state index is 12.6. The van der Waals surface area contributed by atoms with Crippen LogP contribution in [0.4, 0.5) is 5.82 Å². The van der Waals surface area contributed by atoms with Gasteiger partial charge in [0.1, 0.15) is 11.5 Å². The van der Waals surface area contributed by atoms with Gasteiger partial charge in [0, 0.05) is 45.5 Å². The average molecular weight is 299 g/mol. The molecule has 1 fully saturated rings. The number of hydrogen-bond donors (Lipinski definition) is 1. The first kappa shape index (κ1) is 14.6. The van der Waals surface area contributed by atoms with E-state index in [1.807, 2.05) is 24.2 Å². The lowest BCUT2D eigenvalue weighted by atomic mass is 9.91. The lowest BCUT2D eigenvalue weighted by Crippen LogP contribution is -2.39. The summed E-state index contributed by atoms with van der Waals surface area (Å²) < 4.78 is 1.64. The highest BCUT2D eigenvalue weighted by Crippen LogP contribution is 2.28. The standard InChI is InChI=1S/C16H21N5O/c1-17-15-10-12(5-7-18-15)13-4-3-9-21(11-13)16(22)14-6-8-19-20(14)2/h5-8,10,13H,3-4,9,11H2,1-2H3,(H,17,18)/t13-/m1/s1. The molecule has 3 rings (SSSR count). The van der Waals surface area contributed by atoms with Crippen LogP contribution in [0.25, 0.3) is 0 Å². The lowest BCUT2D eigenvalue weighted by molar-refractivity contribution is 0.0696. The van der Waals surface area contributed by atoms with Crippen molar-refractivity contribution in [1.29, 1.82) is 0 Å². The molecule has 1 atom stereocenters. The summed E-state index contributed by atoms with van der Waals surface area (Å²) in [5.74, 6) is 1.29. The number of pyridine rings is 1. The van der Waals surface area contributed by atoms with Crippen molar-refractivity contribution in [3.8, 4) is 0 Å². The molecule has 2 aromatic rings. The SMILES string of the molecule is CNc1cc([C@@H]2CCCN(C(=O)c3ccnn3C)C2)ccn1. The van der Waals surface area contributed by atoms with Gasteiger partial charge in [0.05, 0.1) is 0 Å². The molecule has 1 amide bonds. The molecule has 3 heterocycles. The van der Waals surface area contributed by atoms with E-state index in [4.69, 9.17) is 0 Å². The van der Waals surface area contributed by atoms with Crippen molar-refractivity contribution in [3.05, 3.63) is 41.9 Å². The van der Waals surface area contributed by atoms with Crippen molar-refractivity contribution in [2.75, 3.05) is 25.5 Å². The van der Waals surface area contributed by atoms with E-state index in [-0.39, 0.29) is 5.91 Å². The van der Waals surface area contributed by atoms with Gasteiger partial charge in [-0.2, -0.15) is 5.10 Å². The highest BCUT2D eigenvalue weighted by atomic mass is 16.2. The molecule has 2 aromatic heterocycles. The number of carbonyl (C=O) groups is 1. The van der Waals surface area contributed by atoms with Crippen molar-refractivity contribution in [3.63, 3.8) is 0 Å². The van der Waals surface area contributed by atoms with Gasteiger partial charge in [-0.15, -0.1) is 0 Å². The molecule has 0 aliphatic carbocycles. The molecule has 6 nitrogen and oxygen atoms in total. The Morgan fingerprint density at radius 2 is 2.23 bits per heavy atom. The second-order valence-corrected chi connectivity index (χ2v) is 5.65. The summed E-state index contributed by atoms with van der Waals surface area (Å²) in [6.45, 7) is 1.56. The zero-order valence-electron chi connectivity index (χ0n) is 13.0. The largest absolute Gasteiger partial charge is 0.373 e. The molecule has 1 N–H and O–H groups in total. The fourth-order valence-electron chi connectivity index (χ4n) is 3.02. The topological polar surface area (TPSA) is 63.1 Å². The smallest absolute Gasteiger partial charge is 0.272 e. The van der Waals surface area contributed by atoms with Crippen LogP contribution in [-0.4, -0.2) is 45.7 Å². The second kappa shape index (κ2) is 6.17. The first-order chi connectivity index (χ1) is 10.7. The van der Waals surface area contributed by atoms with Crippen LogP contribution in [-0.2, 0) is 7.05 Å². The highest BCUT2D eigenvalue weighted by Gasteiger charge is 2.26. The molecule has 0 unspecified atom stereocenters. The summed E-state index contributed by atoms with van der Waals surface area (Å²) in [5, 5.41) is 7.15. The number of hydrogen-bond acceptors (Lipinski definition) is 4. The van der Waals surface area contributed by atoms with E-state index in [9.17, 15) is 4.79 Å². The molecule has 0 saturated carbocycles. The van der Waals surface area contributed by atoms with E-state index in [1.54, 1.807) is 24.0 Å². The Kier molecular flexibility index (Phi) is 4.09. The van der Waals surface area contributed by atoms with E-state index in [0.29, 0.717) is 11.6 Å². The molecule has 1 aliphatic rings. The van der Waals surface area contributed by atoms with E-state index >= 15 is 0 Å². The van der Waals surface area contributed by atoms with Gasteiger partial charge in [-0.05, 0) is 36.6 Å². The number of anilines is 1. The minimum atomic E-state index is 0.0626. The molecule has 0 aromatic carbocycles. The average Bonchev–Trinajstić information content (AvgIpc) is 3.00. The third-order valence-electron chi connectivity index (χ3n) is 4.26. The number of carbonyl (C=O) groups excluding carboxylic acids is 1. The van der Waals surface area contributed by atoms with E-state index in [0.717, 1.165) is 31.7 Å². The Bertz CT molecular complexity index is 666. The second-order valence-electron chi connectivity index (χ2n) is 5.65. The zero-order chi connectivity index (χ0) is 15.5. The normalized spacial score (nSPS) is 18.3. The summed E-state index contributed by atoms with van der Waals surface area (Å²) in [4.78, 5) is 18.8. The van der Waals surface area contributed by atoms with Crippen LogP contribution in [0.15, 0.2) is 30.6 Å². The molecule has 0 radical (unpaired) electrons. The number of amides is 1. The third-order valence-corrected chi connectivity index (χ3v) is 4.26. The fourth-order valence-corrected chi connectivity index (χ4v) is 3.02. The molecule has 116 valence electrons. The summed E-state index contributed by atoms with van der Waals surface area (Å²) in [6.07, 6.45) is 5.60. The molecule has 1 aliphatic heterocycles. The van der Waals surface area contributed by atoms with Crippen LogP contribution >= 0.6 is 0 Å². The van der Waals surface area contributed by atoms with Crippen molar-refractivity contribution in [2.45, 2.75) is 18.8 Å². The Hall–Kier alpha value is -2.37. The molecule has 0 bridgehead atoms. The molecule has 1 saturated heterocycles. The van der Waals surface area contributed by atoms with Gasteiger partial charge < -0.3 is 10.2 Å². The molecule has 22 heavy (non-hydrogen) atoms. The number of rotatable bonds is 3. The molecule has 0 spiro atoms. The number of nitrogens with one attached hydrogen (secondary N) is 1. The summed E-state index contributed by atoms with van der Waals surface area (Å²) in [7, 11) is 3.67. The van der Waals surface area contributed by atoms with Crippen molar-refractivity contribution in [2.24, 2.45) is 7.05 Å². The number of piperidine rings is 1. The van der Waals surface area contributed by atoms with Crippen molar-refractivity contribution in [1.82, 2.24) is 19.7 Å². The van der Waals surface area contributed by atoms with E-state index in [1.165, 1.54) is 5.56 Å². The quantitative estimate of drug-likeness (QED) is 0.940. The van der Waals surface area contributed by atoms with Gasteiger partial charge in [0.2, 0.25) is 0 Å². The number of likely N-dealkylation sites (tertiary alicyclic amines) is 1. The van der Waals surface area contributed by atoms with Gasteiger partial charge in [-0.3, -0.25) is 9.48 Å². The first-order valence-electron chi connectivity index (χ1n) is 7.60. The van der Waals surface area contributed by atoms with Crippen LogP contribution in [0.1, 0.15) is 34.8 Å². The van der Waals surface area contributed by atoms with Crippen LogP contribution in [0.5, 0.6) is 0 Å². The van der Waals surface area contributed by atoms with E-state index < -0.39 is 0 Å². The lowest BCUT2D eigenvalue weighted by Gasteiger charge is -2.33. The molecular formula is C16H21N5O. The van der Waals surface area contributed by atoms with Crippen LogP contribution in [0, 0.1) is 0 Å². The number of aromatic nitrogens is 3. The van der Waals surface area contributed by atoms with E-state index in [2.05, 4.69) is 21.5 Å². The number of nitrogens with zero attached hydrogens (tertiary/aromatic N) is 4. The number of aryl methyl sites for hydroxylation is 1. The predicted molar refractivity (Wildman–Crippen MR) is 84.9 cm³/mol. The maximum Gasteiger partial charge on any atom is 0.272 e. The Balaban J connectivity index is 1.76. The van der Waals surface area contributed by atoms with Crippen LogP contribution < -0.4 is 5.32 Å². The van der Waals surface area contributed by atoms with Crippen LogP contribution in [0.3, 0.4) is 0 Å². The van der Waals surface area contributed by atoms with Crippen molar-refractivity contribution >= 4 is 11.7 Å². The maximum absolute atomic E-state index is 12.6. The summed E-state index contributed by atoms with van der Waals surface area (Å²) >= 11 is 0. The van der Waals surface area contributed by atoms with Gasteiger partial charge in [0.15, 0.2) is 0 Å². The monoisotopic (exact) mass is 299 g/mol. The molecular weight excluding hydrogens is 278 g/mol. The zero-order valence-corrected chi connectivity index (χ0v) is 13.0. The Morgan fingerprint density at radius 1 is 1.36 bits per heavy atom. The van der Waals surface area contributed by atoms with Gasteiger partial charge in [-0.1, -0.05) is 0 Å². The summed E-state index contributed by atoms with van der Waals surface area (Å²) in [6, 6.07) is 5.89. The Labute approximate surface area is 130 Å². The van der Waals surface area contributed by atoms with Crippen molar-refractivity contribution < 1.29 is 4.79 Å².